The van der Waals surface area contributed by atoms with Crippen LogP contribution in [0.5, 0.6) is 5.75 Å². The fraction of sp³-hybridized carbons (Fsp3) is 0.263. The van der Waals surface area contributed by atoms with Crippen LogP contribution in [0.4, 0.5) is 5.69 Å². The first-order valence-electron chi connectivity index (χ1n) is 7.58. The Labute approximate surface area is 150 Å². The highest BCUT2D eigenvalue weighted by atomic mass is 79.9. The van der Waals surface area contributed by atoms with Gasteiger partial charge in [0.1, 0.15) is 5.75 Å². The zero-order chi connectivity index (χ0) is 17.7. The summed E-state index contributed by atoms with van der Waals surface area (Å²) in [6.07, 6.45) is 0.701. The van der Waals surface area contributed by atoms with E-state index in [1.807, 2.05) is 24.3 Å². The Hall–Kier alpha value is -2.14. The van der Waals surface area contributed by atoms with Gasteiger partial charge in [-0.15, -0.1) is 0 Å². The van der Waals surface area contributed by atoms with Crippen molar-refractivity contribution >= 4 is 33.8 Å². The zero-order valence-electron chi connectivity index (χ0n) is 13.9. The third-order valence-corrected chi connectivity index (χ3v) is 3.96. The van der Waals surface area contributed by atoms with Crippen molar-refractivity contribution in [2.45, 2.75) is 26.2 Å². The Morgan fingerprint density at radius 3 is 2.58 bits per heavy atom. The van der Waals surface area contributed by atoms with Crippen molar-refractivity contribution in [2.75, 3.05) is 11.9 Å². The summed E-state index contributed by atoms with van der Waals surface area (Å²) in [7, 11) is 0. The van der Waals surface area contributed by atoms with Crippen molar-refractivity contribution in [2.24, 2.45) is 0 Å². The molecule has 4 nitrogen and oxygen atoms in total. The number of hydrogen-bond acceptors (Lipinski definition) is 3. The van der Waals surface area contributed by atoms with Gasteiger partial charge in [-0.25, -0.2) is 0 Å². The van der Waals surface area contributed by atoms with Crippen molar-refractivity contribution in [3.63, 3.8) is 0 Å². The highest BCUT2D eigenvalue weighted by Gasteiger charge is 2.18. The first-order chi connectivity index (χ1) is 11.3. The molecule has 0 fully saturated rings. The van der Waals surface area contributed by atoms with Crippen molar-refractivity contribution in [1.29, 1.82) is 0 Å². The second kappa shape index (κ2) is 7.62. The van der Waals surface area contributed by atoms with Gasteiger partial charge < -0.3 is 10.1 Å². The molecule has 2 aromatic carbocycles. The third-order valence-electron chi connectivity index (χ3n) is 3.47. The molecule has 0 bridgehead atoms. The number of carbonyl (C=O) groups excluding carboxylic acids is 2. The van der Waals surface area contributed by atoms with Gasteiger partial charge in [0.2, 0.25) is 0 Å². The molecule has 0 aliphatic heterocycles. The van der Waals surface area contributed by atoms with Crippen LogP contribution in [-0.4, -0.2) is 18.8 Å². The van der Waals surface area contributed by atoms with Crippen molar-refractivity contribution in [3.8, 4) is 5.75 Å². The van der Waals surface area contributed by atoms with Crippen LogP contribution in [0.3, 0.4) is 0 Å². The molecule has 0 aliphatic rings. The van der Waals surface area contributed by atoms with Gasteiger partial charge >= 0.3 is 0 Å². The van der Waals surface area contributed by atoms with Gasteiger partial charge in [0.15, 0.2) is 12.9 Å². The number of aldehydes is 1. The van der Waals surface area contributed by atoms with Crippen molar-refractivity contribution < 1.29 is 14.3 Å². The maximum atomic E-state index is 12.2. The molecule has 2 aromatic rings. The highest BCUT2D eigenvalue weighted by molar-refractivity contribution is 9.10. The van der Waals surface area contributed by atoms with E-state index in [1.54, 1.807) is 18.2 Å². The first-order valence-corrected chi connectivity index (χ1v) is 8.37. The van der Waals surface area contributed by atoms with E-state index in [-0.39, 0.29) is 17.9 Å². The molecule has 1 N–H and O–H groups in total. The topological polar surface area (TPSA) is 55.4 Å². The number of hydrogen-bond donors (Lipinski definition) is 1. The highest BCUT2D eigenvalue weighted by Crippen LogP contribution is 2.29. The summed E-state index contributed by atoms with van der Waals surface area (Å²) in [6.45, 7) is 6.10. The quantitative estimate of drug-likeness (QED) is 0.761. The molecular formula is C19H20BrNO3. The minimum absolute atomic E-state index is 0.0822. The lowest BCUT2D eigenvalue weighted by Crippen LogP contribution is -2.23. The van der Waals surface area contributed by atoms with Gasteiger partial charge in [-0.2, -0.15) is 0 Å². The summed E-state index contributed by atoms with van der Waals surface area (Å²) >= 11 is 3.29. The fourth-order valence-electron chi connectivity index (χ4n) is 2.32. The van der Waals surface area contributed by atoms with Crippen LogP contribution < -0.4 is 10.1 Å². The minimum atomic E-state index is -0.272. The molecule has 0 saturated heterocycles. The van der Waals surface area contributed by atoms with E-state index in [9.17, 15) is 9.59 Å². The second-order valence-corrected chi connectivity index (χ2v) is 7.35. The molecule has 126 valence electrons. The maximum absolute atomic E-state index is 12.2. The molecule has 0 heterocycles. The average molecular weight is 390 g/mol. The van der Waals surface area contributed by atoms with Gasteiger partial charge in [0.05, 0.1) is 5.56 Å². The molecule has 0 aliphatic carbocycles. The Bertz CT molecular complexity index is 751. The molecule has 5 heteroatoms. The molecule has 2 rings (SSSR count). The van der Waals surface area contributed by atoms with Gasteiger partial charge in [-0.3, -0.25) is 9.59 Å². The molecule has 0 unspecified atom stereocenters. The monoisotopic (exact) mass is 389 g/mol. The number of anilines is 1. The molecule has 24 heavy (non-hydrogen) atoms. The Balaban J connectivity index is 2.06. The lowest BCUT2D eigenvalue weighted by molar-refractivity contribution is -0.118. The molecule has 0 aromatic heterocycles. The fourth-order valence-corrected chi connectivity index (χ4v) is 2.70. The van der Waals surface area contributed by atoms with Crippen LogP contribution >= 0.6 is 15.9 Å². The SMILES string of the molecule is CC(C)(C)c1ccccc1NC(=O)COc1ccc(Br)cc1C=O. The van der Waals surface area contributed by atoms with E-state index in [1.165, 1.54) is 0 Å². The van der Waals surface area contributed by atoms with E-state index in [2.05, 4.69) is 42.0 Å². The summed E-state index contributed by atoms with van der Waals surface area (Å²) in [5, 5.41) is 2.87. The third kappa shape index (κ3) is 4.68. The van der Waals surface area contributed by atoms with E-state index < -0.39 is 0 Å². The molecular weight excluding hydrogens is 370 g/mol. The summed E-state index contributed by atoms with van der Waals surface area (Å²) in [4.78, 5) is 23.3. The summed E-state index contributed by atoms with van der Waals surface area (Å²) in [5.41, 5.74) is 2.13. The number of nitrogens with one attached hydrogen (secondary N) is 1. The van der Waals surface area contributed by atoms with Crippen LogP contribution in [-0.2, 0) is 10.2 Å². The smallest absolute Gasteiger partial charge is 0.262 e. The van der Waals surface area contributed by atoms with E-state index in [0.29, 0.717) is 17.6 Å². The minimum Gasteiger partial charge on any atom is -0.483 e. The second-order valence-electron chi connectivity index (χ2n) is 6.43. The average Bonchev–Trinajstić information content (AvgIpc) is 2.53. The number of carbonyl (C=O) groups is 2. The molecule has 0 radical (unpaired) electrons. The molecule has 1 amide bonds. The number of halogens is 1. The zero-order valence-corrected chi connectivity index (χ0v) is 15.5. The summed E-state index contributed by atoms with van der Waals surface area (Å²) in [5.74, 6) is 0.110. The normalized spacial score (nSPS) is 11.0. The largest absolute Gasteiger partial charge is 0.483 e. The van der Waals surface area contributed by atoms with Crippen LogP contribution in [0.1, 0.15) is 36.7 Å². The standard InChI is InChI=1S/C19H20BrNO3/c1-19(2,3)15-6-4-5-7-16(15)21-18(23)12-24-17-9-8-14(20)10-13(17)11-22/h4-11H,12H2,1-3H3,(H,21,23). The van der Waals surface area contributed by atoms with Crippen LogP contribution in [0, 0.1) is 0 Å². The van der Waals surface area contributed by atoms with Gasteiger partial charge in [0, 0.05) is 10.2 Å². The molecule has 0 atom stereocenters. The van der Waals surface area contributed by atoms with Crippen molar-refractivity contribution in [3.05, 3.63) is 58.1 Å². The van der Waals surface area contributed by atoms with E-state index in [4.69, 9.17) is 4.74 Å². The van der Waals surface area contributed by atoms with Gasteiger partial charge in [0.25, 0.3) is 5.91 Å². The number of para-hydroxylation sites is 1. The Kier molecular flexibility index (Phi) is 5.78. The van der Waals surface area contributed by atoms with E-state index >= 15 is 0 Å². The Morgan fingerprint density at radius 1 is 1.21 bits per heavy atom. The Morgan fingerprint density at radius 2 is 1.92 bits per heavy atom. The van der Waals surface area contributed by atoms with Crippen LogP contribution in [0.15, 0.2) is 46.9 Å². The lowest BCUT2D eigenvalue weighted by atomic mass is 9.86. The van der Waals surface area contributed by atoms with Crippen LogP contribution in [0.2, 0.25) is 0 Å². The number of ether oxygens (including phenoxy) is 1. The maximum Gasteiger partial charge on any atom is 0.262 e. The molecule has 0 saturated carbocycles. The van der Waals surface area contributed by atoms with Crippen LogP contribution in [0.25, 0.3) is 0 Å². The summed E-state index contributed by atoms with van der Waals surface area (Å²) in [6, 6.07) is 12.8. The molecule has 0 spiro atoms. The van der Waals surface area contributed by atoms with Gasteiger partial charge in [-0.05, 0) is 35.2 Å². The van der Waals surface area contributed by atoms with Gasteiger partial charge in [-0.1, -0.05) is 54.9 Å². The van der Waals surface area contributed by atoms with E-state index in [0.717, 1.165) is 15.7 Å². The van der Waals surface area contributed by atoms with Crippen molar-refractivity contribution in [1.82, 2.24) is 0 Å². The predicted octanol–water partition coefficient (Wildman–Crippen LogP) is 4.58. The predicted molar refractivity (Wildman–Crippen MR) is 98.8 cm³/mol. The first kappa shape index (κ1) is 18.2. The number of rotatable bonds is 5. The number of amides is 1. The lowest BCUT2D eigenvalue weighted by Gasteiger charge is -2.23. The number of benzene rings is 2. The summed E-state index contributed by atoms with van der Waals surface area (Å²) < 4.78 is 6.26.